The summed E-state index contributed by atoms with van der Waals surface area (Å²) in [6, 6.07) is 13.2. The molecule has 0 spiro atoms. The molecular weight excluding hydrogens is 410 g/mol. The van der Waals surface area contributed by atoms with E-state index in [1.807, 2.05) is 0 Å². The second-order valence-corrected chi connectivity index (χ2v) is 7.96. The number of ketones is 1. The Balaban J connectivity index is 2.07. The molecule has 0 unspecified atom stereocenters. The molecule has 7 nitrogen and oxygen atoms in total. The average molecular weight is 440 g/mol. The molecule has 7 heteroatoms. The first-order valence-corrected chi connectivity index (χ1v) is 10.5. The Labute approximate surface area is 188 Å². The van der Waals surface area contributed by atoms with Crippen molar-refractivity contribution in [1.29, 1.82) is 0 Å². The van der Waals surface area contributed by atoms with Gasteiger partial charge in [0, 0.05) is 24.8 Å². The van der Waals surface area contributed by atoms with Crippen molar-refractivity contribution in [1.82, 2.24) is 4.90 Å². The van der Waals surface area contributed by atoms with E-state index < -0.39 is 17.7 Å². The van der Waals surface area contributed by atoms with Crippen LogP contribution in [0.2, 0.25) is 0 Å². The number of Topliss-reactive ketones (excluding diaryl/α,β-unsaturated/α-hetero) is 1. The van der Waals surface area contributed by atoms with Gasteiger partial charge in [-0.3, -0.25) is 9.59 Å². The fraction of sp³-hybridized carbons (Fsp3) is 0.360. The van der Waals surface area contributed by atoms with Gasteiger partial charge in [0.1, 0.15) is 17.3 Å². The predicted octanol–water partition coefficient (Wildman–Crippen LogP) is 3.80. The van der Waals surface area contributed by atoms with E-state index in [4.69, 9.17) is 14.2 Å². The number of carbonyl (C=O) groups excluding carboxylic acids is 2. The molecule has 1 fully saturated rings. The largest absolute Gasteiger partial charge is 0.507 e. The molecule has 1 heterocycles. The number of para-hydroxylation sites is 1. The van der Waals surface area contributed by atoms with Gasteiger partial charge in [-0.05, 0) is 36.2 Å². The Morgan fingerprint density at radius 2 is 1.75 bits per heavy atom. The maximum atomic E-state index is 13.0. The van der Waals surface area contributed by atoms with Crippen LogP contribution in [0.15, 0.2) is 54.1 Å². The first-order valence-electron chi connectivity index (χ1n) is 10.5. The van der Waals surface area contributed by atoms with Crippen LogP contribution in [0.1, 0.15) is 31.0 Å². The molecule has 3 rings (SSSR count). The highest BCUT2D eigenvalue weighted by Crippen LogP contribution is 2.42. The summed E-state index contributed by atoms with van der Waals surface area (Å²) < 4.78 is 16.3. The van der Waals surface area contributed by atoms with Gasteiger partial charge in [0.25, 0.3) is 11.7 Å². The minimum absolute atomic E-state index is 0.0199. The van der Waals surface area contributed by atoms with Crippen molar-refractivity contribution in [3.63, 3.8) is 0 Å². The Hall–Kier alpha value is -3.32. The van der Waals surface area contributed by atoms with Crippen molar-refractivity contribution in [2.45, 2.75) is 19.9 Å². The number of aliphatic hydroxyl groups is 1. The third-order valence-corrected chi connectivity index (χ3v) is 5.22. The van der Waals surface area contributed by atoms with Crippen molar-refractivity contribution in [3.05, 3.63) is 65.2 Å². The third-order valence-electron chi connectivity index (χ3n) is 5.22. The quantitative estimate of drug-likeness (QED) is 0.363. The molecule has 2 aromatic carbocycles. The molecule has 1 atom stereocenters. The topological polar surface area (TPSA) is 85.3 Å². The predicted molar refractivity (Wildman–Crippen MR) is 121 cm³/mol. The monoisotopic (exact) mass is 439 g/mol. The maximum absolute atomic E-state index is 13.0. The van der Waals surface area contributed by atoms with E-state index >= 15 is 0 Å². The number of rotatable bonds is 9. The summed E-state index contributed by atoms with van der Waals surface area (Å²) in [4.78, 5) is 27.3. The molecule has 1 aliphatic heterocycles. The van der Waals surface area contributed by atoms with Gasteiger partial charge in [0.15, 0.2) is 0 Å². The van der Waals surface area contributed by atoms with Crippen LogP contribution in [0.4, 0.5) is 0 Å². The summed E-state index contributed by atoms with van der Waals surface area (Å²) >= 11 is 0. The standard InChI is InChI=1S/C25H29NO6/c1-16(2)15-32-18-11-9-17(10-12-18)23(27)21-22(19-7-5-6-8-20(19)31-4)26(13-14-30-3)25(29)24(21)28/h5-12,16,22,27H,13-15H2,1-4H3/t22-/m0/s1. The zero-order valence-corrected chi connectivity index (χ0v) is 18.8. The summed E-state index contributed by atoms with van der Waals surface area (Å²) in [5, 5.41) is 11.1. The van der Waals surface area contributed by atoms with Gasteiger partial charge in [-0.2, -0.15) is 0 Å². The van der Waals surface area contributed by atoms with Crippen LogP contribution in [0, 0.1) is 5.92 Å². The fourth-order valence-electron chi connectivity index (χ4n) is 3.64. The van der Waals surface area contributed by atoms with Gasteiger partial charge in [-0.25, -0.2) is 0 Å². The third kappa shape index (κ3) is 4.78. The molecule has 0 aliphatic carbocycles. The average Bonchev–Trinajstić information content (AvgIpc) is 3.05. The van der Waals surface area contributed by atoms with E-state index in [0.717, 1.165) is 0 Å². The summed E-state index contributed by atoms with van der Waals surface area (Å²) in [5.74, 6) is -0.102. The number of amides is 1. The Morgan fingerprint density at radius 1 is 1.06 bits per heavy atom. The lowest BCUT2D eigenvalue weighted by Gasteiger charge is -2.26. The number of hydrogen-bond donors (Lipinski definition) is 1. The van der Waals surface area contributed by atoms with Crippen LogP contribution in [0.5, 0.6) is 11.5 Å². The lowest BCUT2D eigenvalue weighted by atomic mass is 9.94. The van der Waals surface area contributed by atoms with Crippen LogP contribution in [0.3, 0.4) is 0 Å². The lowest BCUT2D eigenvalue weighted by Crippen LogP contribution is -2.32. The summed E-state index contributed by atoms with van der Waals surface area (Å²) in [7, 11) is 3.05. The summed E-state index contributed by atoms with van der Waals surface area (Å²) in [6.45, 7) is 5.13. The molecule has 1 amide bonds. The highest BCUT2D eigenvalue weighted by Gasteiger charge is 2.46. The number of methoxy groups -OCH3 is 2. The van der Waals surface area contributed by atoms with Gasteiger partial charge in [0.05, 0.1) is 31.9 Å². The van der Waals surface area contributed by atoms with Crippen molar-refractivity contribution in [3.8, 4) is 11.5 Å². The number of aliphatic hydroxyl groups excluding tert-OH is 1. The lowest BCUT2D eigenvalue weighted by molar-refractivity contribution is -0.140. The molecule has 1 aliphatic rings. The van der Waals surface area contributed by atoms with Gasteiger partial charge >= 0.3 is 0 Å². The Morgan fingerprint density at radius 3 is 2.38 bits per heavy atom. The van der Waals surface area contributed by atoms with Crippen molar-refractivity contribution in [2.75, 3.05) is 34.0 Å². The van der Waals surface area contributed by atoms with Gasteiger partial charge in [0.2, 0.25) is 0 Å². The highest BCUT2D eigenvalue weighted by molar-refractivity contribution is 6.46. The minimum Gasteiger partial charge on any atom is -0.507 e. The molecule has 170 valence electrons. The summed E-state index contributed by atoms with van der Waals surface area (Å²) in [5.41, 5.74) is 1.06. The zero-order valence-electron chi connectivity index (χ0n) is 18.8. The fourth-order valence-corrected chi connectivity index (χ4v) is 3.64. The van der Waals surface area contributed by atoms with Crippen molar-refractivity contribution < 1.29 is 28.9 Å². The van der Waals surface area contributed by atoms with Gasteiger partial charge in [-0.1, -0.05) is 32.0 Å². The van der Waals surface area contributed by atoms with E-state index in [1.54, 1.807) is 48.5 Å². The first kappa shape index (κ1) is 23.3. The van der Waals surface area contributed by atoms with E-state index in [1.165, 1.54) is 19.1 Å². The first-order chi connectivity index (χ1) is 15.4. The second kappa shape index (κ2) is 10.3. The van der Waals surface area contributed by atoms with E-state index in [2.05, 4.69) is 13.8 Å². The second-order valence-electron chi connectivity index (χ2n) is 7.96. The van der Waals surface area contributed by atoms with E-state index in [0.29, 0.717) is 35.2 Å². The van der Waals surface area contributed by atoms with Crippen LogP contribution in [0.25, 0.3) is 5.76 Å². The molecular formula is C25H29NO6. The molecule has 0 radical (unpaired) electrons. The number of likely N-dealkylation sites (tertiary alicyclic amines) is 1. The van der Waals surface area contributed by atoms with E-state index in [-0.39, 0.29) is 24.5 Å². The highest BCUT2D eigenvalue weighted by atomic mass is 16.5. The molecule has 0 saturated carbocycles. The molecule has 1 N–H and O–H groups in total. The minimum atomic E-state index is -0.793. The summed E-state index contributed by atoms with van der Waals surface area (Å²) in [6.07, 6.45) is 0. The number of nitrogens with zero attached hydrogens (tertiary/aromatic N) is 1. The van der Waals surface area contributed by atoms with Crippen LogP contribution >= 0.6 is 0 Å². The number of ether oxygens (including phenoxy) is 3. The normalized spacial score (nSPS) is 17.8. The number of benzene rings is 2. The number of carbonyl (C=O) groups is 2. The van der Waals surface area contributed by atoms with Crippen LogP contribution in [-0.2, 0) is 14.3 Å². The Kier molecular flexibility index (Phi) is 7.53. The van der Waals surface area contributed by atoms with Crippen molar-refractivity contribution in [2.24, 2.45) is 5.92 Å². The van der Waals surface area contributed by atoms with Crippen molar-refractivity contribution >= 4 is 17.4 Å². The maximum Gasteiger partial charge on any atom is 0.295 e. The molecule has 1 saturated heterocycles. The Bertz CT molecular complexity index is 996. The molecule has 32 heavy (non-hydrogen) atoms. The SMILES string of the molecule is COCCN1C(=O)C(=O)C(=C(O)c2ccc(OCC(C)C)cc2)[C@@H]1c1ccccc1OC. The molecule has 0 aromatic heterocycles. The van der Waals surface area contributed by atoms with E-state index in [9.17, 15) is 14.7 Å². The molecule has 0 bridgehead atoms. The number of hydrogen-bond acceptors (Lipinski definition) is 6. The molecule has 2 aromatic rings. The van der Waals surface area contributed by atoms with Gasteiger partial charge in [-0.15, -0.1) is 0 Å². The zero-order chi connectivity index (χ0) is 23.3. The van der Waals surface area contributed by atoms with Gasteiger partial charge < -0.3 is 24.2 Å². The smallest absolute Gasteiger partial charge is 0.295 e. The van der Waals surface area contributed by atoms with Crippen LogP contribution < -0.4 is 9.47 Å². The van der Waals surface area contributed by atoms with Crippen LogP contribution in [-0.4, -0.2) is 55.7 Å².